The average Bonchev–Trinajstić information content (AvgIpc) is 3.28. The SMILES string of the molecule is CC1(C)CC=C(c2nc([C@H]3CC(C)(C)O[C@](C)(C(=O)O)C3)ccc2CC(=O)c2ncc(C#N)[nH]2)CC1. The van der Waals surface area contributed by atoms with Crippen LogP contribution in [0, 0.1) is 16.7 Å². The molecule has 1 aliphatic carbocycles. The first-order chi connectivity index (χ1) is 16.8. The number of allylic oxidation sites excluding steroid dienone is 2. The van der Waals surface area contributed by atoms with Crippen LogP contribution in [-0.4, -0.2) is 43.0 Å². The van der Waals surface area contributed by atoms with E-state index in [0.29, 0.717) is 12.8 Å². The van der Waals surface area contributed by atoms with Crippen molar-refractivity contribution in [1.82, 2.24) is 15.0 Å². The number of hydrogen-bond donors (Lipinski definition) is 2. The summed E-state index contributed by atoms with van der Waals surface area (Å²) in [5.74, 6) is -1.13. The molecule has 190 valence electrons. The number of H-pyrrole nitrogens is 1. The fourth-order valence-electron chi connectivity index (χ4n) is 5.39. The molecule has 0 bridgehead atoms. The van der Waals surface area contributed by atoms with Crippen LogP contribution < -0.4 is 0 Å². The van der Waals surface area contributed by atoms with E-state index < -0.39 is 17.2 Å². The van der Waals surface area contributed by atoms with Gasteiger partial charge in [-0.25, -0.2) is 9.78 Å². The third kappa shape index (κ3) is 5.41. The topological polar surface area (TPSA) is 129 Å². The minimum Gasteiger partial charge on any atom is -0.479 e. The number of nitriles is 1. The number of nitrogens with one attached hydrogen (secondary N) is 1. The van der Waals surface area contributed by atoms with E-state index in [2.05, 4.69) is 29.9 Å². The fraction of sp³-hybridized carbons (Fsp3) is 0.536. The van der Waals surface area contributed by atoms with Crippen molar-refractivity contribution in [2.45, 2.75) is 90.3 Å². The number of carbonyl (C=O) groups is 2. The first-order valence-electron chi connectivity index (χ1n) is 12.4. The molecule has 1 fully saturated rings. The van der Waals surface area contributed by atoms with E-state index in [1.54, 1.807) is 6.92 Å². The Morgan fingerprint density at radius 1 is 1.22 bits per heavy atom. The molecule has 2 N–H and O–H groups in total. The normalized spacial score (nSPS) is 25.0. The summed E-state index contributed by atoms with van der Waals surface area (Å²) < 4.78 is 5.96. The Labute approximate surface area is 211 Å². The minimum atomic E-state index is -1.30. The van der Waals surface area contributed by atoms with Crippen molar-refractivity contribution < 1.29 is 19.4 Å². The van der Waals surface area contributed by atoms with Gasteiger partial charge in [-0.1, -0.05) is 26.0 Å². The van der Waals surface area contributed by atoms with Crippen molar-refractivity contribution in [3.05, 3.63) is 52.9 Å². The Hall–Kier alpha value is -3.31. The number of imidazole rings is 1. The van der Waals surface area contributed by atoms with Gasteiger partial charge >= 0.3 is 5.97 Å². The standard InChI is InChI=1S/C28H34N4O4/c1-26(2)10-8-17(9-11-26)23-18(12-22(33)24-30-16-20(15-29)31-24)6-7-21(32-23)19-13-27(3,4)36-28(5,14-19)25(34)35/h6-8,16,19H,9-14H2,1-5H3,(H,30,31)(H,34,35)/t19-,28-/m0/s1. The average molecular weight is 491 g/mol. The number of carbonyl (C=O) groups excluding carboxylic acids is 1. The highest BCUT2D eigenvalue weighted by Crippen LogP contribution is 2.44. The predicted molar refractivity (Wildman–Crippen MR) is 134 cm³/mol. The molecule has 2 atom stereocenters. The van der Waals surface area contributed by atoms with Gasteiger partial charge in [-0.05, 0) is 75.5 Å². The van der Waals surface area contributed by atoms with Gasteiger partial charge in [-0.2, -0.15) is 5.26 Å². The second-order valence-corrected chi connectivity index (χ2v) is 11.7. The van der Waals surface area contributed by atoms with E-state index in [9.17, 15) is 14.7 Å². The zero-order chi connectivity index (χ0) is 26.3. The second-order valence-electron chi connectivity index (χ2n) is 11.7. The molecular formula is C28H34N4O4. The van der Waals surface area contributed by atoms with Gasteiger partial charge in [0, 0.05) is 18.0 Å². The van der Waals surface area contributed by atoms with E-state index >= 15 is 0 Å². The lowest BCUT2D eigenvalue weighted by Gasteiger charge is -2.44. The van der Waals surface area contributed by atoms with E-state index in [1.165, 1.54) is 6.20 Å². The molecule has 0 saturated carbocycles. The number of hydrogen-bond acceptors (Lipinski definition) is 6. The monoisotopic (exact) mass is 490 g/mol. The van der Waals surface area contributed by atoms with Gasteiger partial charge in [0.2, 0.25) is 5.78 Å². The van der Waals surface area contributed by atoms with E-state index in [-0.39, 0.29) is 35.1 Å². The number of Topliss-reactive ketones (excluding diaryl/α,β-unsaturated/α-hetero) is 1. The summed E-state index contributed by atoms with van der Waals surface area (Å²) >= 11 is 0. The number of aromatic nitrogens is 3. The number of rotatable bonds is 6. The zero-order valence-corrected chi connectivity index (χ0v) is 21.6. The number of pyridine rings is 1. The van der Waals surface area contributed by atoms with Gasteiger partial charge < -0.3 is 14.8 Å². The lowest BCUT2D eigenvalue weighted by Crippen LogP contribution is -2.51. The van der Waals surface area contributed by atoms with Gasteiger partial charge in [0.05, 0.1) is 17.5 Å². The summed E-state index contributed by atoms with van der Waals surface area (Å²) in [5.41, 5.74) is 2.08. The Balaban J connectivity index is 1.71. The van der Waals surface area contributed by atoms with E-state index in [1.807, 2.05) is 32.0 Å². The first-order valence-corrected chi connectivity index (χ1v) is 12.4. The smallest absolute Gasteiger partial charge is 0.335 e. The summed E-state index contributed by atoms with van der Waals surface area (Å²) in [7, 11) is 0. The molecule has 0 spiro atoms. The number of carboxylic acids is 1. The number of nitrogens with zero attached hydrogens (tertiary/aromatic N) is 3. The Bertz CT molecular complexity index is 1270. The van der Waals surface area contributed by atoms with Crippen LogP contribution in [0.3, 0.4) is 0 Å². The van der Waals surface area contributed by atoms with E-state index in [0.717, 1.165) is 41.8 Å². The van der Waals surface area contributed by atoms with Crippen molar-refractivity contribution in [3.63, 3.8) is 0 Å². The van der Waals surface area contributed by atoms with Gasteiger partial charge in [0.25, 0.3) is 0 Å². The maximum Gasteiger partial charge on any atom is 0.335 e. The van der Waals surface area contributed by atoms with Gasteiger partial charge in [0.15, 0.2) is 11.4 Å². The lowest BCUT2D eigenvalue weighted by atomic mass is 9.76. The van der Waals surface area contributed by atoms with Gasteiger partial charge in [-0.15, -0.1) is 0 Å². The molecule has 3 heterocycles. The van der Waals surface area contributed by atoms with Crippen molar-refractivity contribution in [1.29, 1.82) is 5.26 Å². The number of ether oxygens (including phenoxy) is 1. The zero-order valence-electron chi connectivity index (χ0n) is 21.6. The van der Waals surface area contributed by atoms with Gasteiger partial charge in [0.1, 0.15) is 11.8 Å². The Morgan fingerprint density at radius 2 is 1.97 bits per heavy atom. The van der Waals surface area contributed by atoms with Crippen LogP contribution in [0.15, 0.2) is 24.4 Å². The summed E-state index contributed by atoms with van der Waals surface area (Å²) in [6, 6.07) is 5.81. The second kappa shape index (κ2) is 9.29. The van der Waals surface area contributed by atoms with Crippen LogP contribution in [0.5, 0.6) is 0 Å². The molecule has 2 aromatic rings. The molecule has 8 nitrogen and oxygen atoms in total. The molecule has 1 saturated heterocycles. The van der Waals surface area contributed by atoms with E-state index in [4.69, 9.17) is 15.0 Å². The Kier molecular flexibility index (Phi) is 6.65. The highest BCUT2D eigenvalue weighted by atomic mass is 16.5. The molecule has 2 aromatic heterocycles. The summed E-state index contributed by atoms with van der Waals surface area (Å²) in [4.78, 5) is 36.9. The first kappa shape index (κ1) is 25.8. The molecule has 4 rings (SSSR count). The lowest BCUT2D eigenvalue weighted by molar-refractivity contribution is -0.200. The summed E-state index contributed by atoms with van der Waals surface area (Å²) in [6.45, 7) is 9.95. The summed E-state index contributed by atoms with van der Waals surface area (Å²) in [6.07, 6.45) is 7.45. The molecule has 1 aliphatic heterocycles. The number of ketones is 1. The fourth-order valence-corrected chi connectivity index (χ4v) is 5.39. The summed E-state index contributed by atoms with van der Waals surface area (Å²) in [5, 5.41) is 18.9. The number of aromatic amines is 1. The van der Waals surface area contributed by atoms with Crippen molar-refractivity contribution in [2.75, 3.05) is 0 Å². The molecule has 36 heavy (non-hydrogen) atoms. The maximum atomic E-state index is 13.0. The van der Waals surface area contributed by atoms with Gasteiger partial charge in [-0.3, -0.25) is 9.78 Å². The maximum absolute atomic E-state index is 13.0. The van der Waals surface area contributed by atoms with Crippen molar-refractivity contribution >= 4 is 17.3 Å². The molecule has 0 unspecified atom stereocenters. The molecular weight excluding hydrogens is 456 g/mol. The molecule has 0 aromatic carbocycles. The van der Waals surface area contributed by atoms with Crippen LogP contribution in [-0.2, 0) is 16.0 Å². The third-order valence-corrected chi connectivity index (χ3v) is 7.33. The largest absolute Gasteiger partial charge is 0.479 e. The highest BCUT2D eigenvalue weighted by Gasteiger charge is 2.48. The van der Waals surface area contributed by atoms with Crippen molar-refractivity contribution in [2.24, 2.45) is 5.41 Å². The third-order valence-electron chi connectivity index (χ3n) is 7.33. The number of carboxylic acid groups (broad SMARTS) is 1. The van der Waals surface area contributed by atoms with Crippen LogP contribution in [0.2, 0.25) is 0 Å². The van der Waals surface area contributed by atoms with Crippen LogP contribution in [0.1, 0.15) is 106 Å². The van der Waals surface area contributed by atoms with Crippen LogP contribution in [0.4, 0.5) is 0 Å². The molecule has 2 aliphatic rings. The van der Waals surface area contributed by atoms with Crippen LogP contribution >= 0.6 is 0 Å². The quantitative estimate of drug-likeness (QED) is 0.532. The molecule has 0 radical (unpaired) electrons. The van der Waals surface area contributed by atoms with Crippen LogP contribution in [0.25, 0.3) is 5.57 Å². The molecule has 0 amide bonds. The minimum absolute atomic E-state index is 0.0951. The Morgan fingerprint density at radius 3 is 2.58 bits per heavy atom. The number of aliphatic carboxylic acids is 1. The van der Waals surface area contributed by atoms with Crippen molar-refractivity contribution in [3.8, 4) is 6.07 Å². The molecule has 8 heteroatoms. The predicted octanol–water partition coefficient (Wildman–Crippen LogP) is 5.21. The highest BCUT2D eigenvalue weighted by molar-refractivity contribution is 5.95.